The van der Waals surface area contributed by atoms with Crippen molar-refractivity contribution in [2.45, 2.75) is 6.61 Å². The molecule has 0 aromatic heterocycles. The van der Waals surface area contributed by atoms with Crippen molar-refractivity contribution in [2.75, 3.05) is 12.5 Å². The molecule has 0 atom stereocenters. The molecule has 4 nitrogen and oxygen atoms in total. The molecule has 30 heavy (non-hydrogen) atoms. The monoisotopic (exact) mass is 460 g/mol. The fraction of sp³-hybridized carbons (Fsp3) is 0.0800. The van der Waals surface area contributed by atoms with Gasteiger partial charge >= 0.3 is 0 Å². The molecule has 0 bridgehead atoms. The van der Waals surface area contributed by atoms with Crippen molar-refractivity contribution < 1.29 is 9.47 Å². The van der Waals surface area contributed by atoms with Gasteiger partial charge in [0.1, 0.15) is 6.61 Å². The number of nitrogens with one attached hydrogen (secondary N) is 1. The van der Waals surface area contributed by atoms with E-state index in [1.165, 1.54) is 10.8 Å². The molecule has 0 saturated carbocycles. The van der Waals surface area contributed by atoms with Gasteiger partial charge in [-0.25, -0.2) is 0 Å². The molecule has 0 aliphatic heterocycles. The van der Waals surface area contributed by atoms with Crippen LogP contribution in [0.25, 0.3) is 10.8 Å². The Bertz CT molecular complexity index is 1170. The maximum atomic E-state index is 6.12. The fourth-order valence-corrected chi connectivity index (χ4v) is 3.61. The van der Waals surface area contributed by atoms with Crippen LogP contribution in [0.1, 0.15) is 11.1 Å². The lowest BCUT2D eigenvalue weighted by Gasteiger charge is -2.14. The number of hydrazone groups is 1. The van der Waals surface area contributed by atoms with Crippen LogP contribution in [0.3, 0.4) is 0 Å². The molecule has 5 heteroatoms. The van der Waals surface area contributed by atoms with Crippen molar-refractivity contribution in [1.82, 2.24) is 0 Å². The molecule has 0 spiro atoms. The number of nitrogens with zero attached hydrogens (tertiary/aromatic N) is 1. The SMILES string of the molecule is COc1cc(/C=N/Nc2ccccc2)c(Br)cc1OCc1cccc2ccccc12. The van der Waals surface area contributed by atoms with Crippen LogP contribution in [0.15, 0.2) is 94.5 Å². The predicted molar refractivity (Wildman–Crippen MR) is 127 cm³/mol. The minimum absolute atomic E-state index is 0.452. The van der Waals surface area contributed by atoms with Gasteiger partial charge in [-0.2, -0.15) is 5.10 Å². The van der Waals surface area contributed by atoms with E-state index in [0.717, 1.165) is 21.3 Å². The Kier molecular flexibility index (Phi) is 6.30. The number of rotatable bonds is 7. The molecule has 0 radical (unpaired) electrons. The van der Waals surface area contributed by atoms with E-state index in [4.69, 9.17) is 9.47 Å². The van der Waals surface area contributed by atoms with Crippen LogP contribution in [0.4, 0.5) is 5.69 Å². The second-order valence-corrected chi connectivity index (χ2v) is 7.54. The van der Waals surface area contributed by atoms with Crippen molar-refractivity contribution in [1.29, 1.82) is 0 Å². The van der Waals surface area contributed by atoms with Crippen molar-refractivity contribution in [2.24, 2.45) is 5.10 Å². The summed E-state index contributed by atoms with van der Waals surface area (Å²) < 4.78 is 12.5. The molecule has 4 aromatic rings. The number of halogens is 1. The zero-order chi connectivity index (χ0) is 20.8. The third-order valence-corrected chi connectivity index (χ3v) is 5.40. The van der Waals surface area contributed by atoms with Gasteiger partial charge in [0, 0.05) is 10.0 Å². The third kappa shape index (κ3) is 4.63. The quantitative estimate of drug-likeness (QED) is 0.248. The van der Waals surface area contributed by atoms with Crippen LogP contribution in [-0.4, -0.2) is 13.3 Å². The van der Waals surface area contributed by atoms with Gasteiger partial charge in [0.05, 0.1) is 19.0 Å². The highest BCUT2D eigenvalue weighted by atomic mass is 79.9. The van der Waals surface area contributed by atoms with Crippen molar-refractivity contribution in [3.05, 3.63) is 101 Å². The molecule has 0 aliphatic carbocycles. The average molecular weight is 461 g/mol. The van der Waals surface area contributed by atoms with Crippen LogP contribution >= 0.6 is 15.9 Å². The maximum Gasteiger partial charge on any atom is 0.162 e. The third-order valence-electron chi connectivity index (χ3n) is 4.72. The minimum atomic E-state index is 0.452. The van der Waals surface area contributed by atoms with E-state index in [9.17, 15) is 0 Å². The summed E-state index contributed by atoms with van der Waals surface area (Å²) in [6.45, 7) is 0.452. The van der Waals surface area contributed by atoms with Crippen molar-refractivity contribution in [3.63, 3.8) is 0 Å². The van der Waals surface area contributed by atoms with Crippen LogP contribution in [0.2, 0.25) is 0 Å². The Labute approximate surface area is 184 Å². The molecule has 1 N–H and O–H groups in total. The molecule has 0 saturated heterocycles. The van der Waals surface area contributed by atoms with Crippen molar-refractivity contribution >= 4 is 38.6 Å². The molecular weight excluding hydrogens is 440 g/mol. The second kappa shape index (κ2) is 9.46. The summed E-state index contributed by atoms with van der Waals surface area (Å²) in [5, 5.41) is 6.69. The average Bonchev–Trinajstić information content (AvgIpc) is 2.79. The molecule has 4 rings (SSSR count). The molecule has 0 heterocycles. The van der Waals surface area contributed by atoms with E-state index in [1.807, 2.05) is 60.7 Å². The highest BCUT2D eigenvalue weighted by Gasteiger charge is 2.11. The number of benzene rings is 4. The molecule has 0 unspecified atom stereocenters. The number of hydrogen-bond donors (Lipinski definition) is 1. The number of para-hydroxylation sites is 1. The summed E-state index contributed by atoms with van der Waals surface area (Å²) in [5.74, 6) is 1.32. The Morgan fingerprint density at radius 2 is 1.67 bits per heavy atom. The Balaban J connectivity index is 1.52. The summed E-state index contributed by atoms with van der Waals surface area (Å²) >= 11 is 3.61. The van der Waals surface area contributed by atoms with Crippen LogP contribution in [0, 0.1) is 0 Å². The minimum Gasteiger partial charge on any atom is -0.493 e. The number of methoxy groups -OCH3 is 1. The Morgan fingerprint density at radius 1 is 0.900 bits per heavy atom. The highest BCUT2D eigenvalue weighted by molar-refractivity contribution is 9.10. The second-order valence-electron chi connectivity index (χ2n) is 6.69. The van der Waals surface area contributed by atoms with Gasteiger partial charge < -0.3 is 9.47 Å². The smallest absolute Gasteiger partial charge is 0.162 e. The van der Waals surface area contributed by atoms with Crippen LogP contribution in [-0.2, 0) is 6.61 Å². The van der Waals surface area contributed by atoms with E-state index >= 15 is 0 Å². The lowest BCUT2D eigenvalue weighted by atomic mass is 10.1. The van der Waals surface area contributed by atoms with E-state index in [-0.39, 0.29) is 0 Å². The first-order chi connectivity index (χ1) is 14.7. The summed E-state index contributed by atoms with van der Waals surface area (Å²) in [4.78, 5) is 0. The van der Waals surface area contributed by atoms with E-state index in [2.05, 4.69) is 50.7 Å². The van der Waals surface area contributed by atoms with Gasteiger partial charge in [-0.1, -0.05) is 60.7 Å². The molecular formula is C25H21BrN2O2. The van der Waals surface area contributed by atoms with Crippen LogP contribution in [0.5, 0.6) is 11.5 Å². The van der Waals surface area contributed by atoms with Gasteiger partial charge in [0.15, 0.2) is 11.5 Å². The predicted octanol–water partition coefficient (Wildman–Crippen LogP) is 6.64. The fourth-order valence-electron chi connectivity index (χ4n) is 3.19. The van der Waals surface area contributed by atoms with Gasteiger partial charge in [0.25, 0.3) is 0 Å². The summed E-state index contributed by atoms with van der Waals surface area (Å²) in [7, 11) is 1.64. The summed E-state index contributed by atoms with van der Waals surface area (Å²) in [5.41, 5.74) is 5.95. The topological polar surface area (TPSA) is 42.8 Å². The summed E-state index contributed by atoms with van der Waals surface area (Å²) in [6.07, 6.45) is 1.74. The number of hydrogen-bond acceptors (Lipinski definition) is 4. The highest BCUT2D eigenvalue weighted by Crippen LogP contribution is 2.34. The largest absolute Gasteiger partial charge is 0.493 e. The summed E-state index contributed by atoms with van der Waals surface area (Å²) in [6, 6.07) is 28.1. The first kappa shape index (κ1) is 20.0. The first-order valence-corrected chi connectivity index (χ1v) is 10.3. The molecule has 0 aliphatic rings. The lowest BCUT2D eigenvalue weighted by molar-refractivity contribution is 0.285. The van der Waals surface area contributed by atoms with Crippen molar-refractivity contribution in [3.8, 4) is 11.5 Å². The van der Waals surface area contributed by atoms with E-state index < -0.39 is 0 Å². The van der Waals surface area contributed by atoms with Gasteiger partial charge in [-0.15, -0.1) is 0 Å². The molecule has 4 aromatic carbocycles. The van der Waals surface area contributed by atoms with Gasteiger partial charge in [-0.05, 0) is 56.5 Å². The van der Waals surface area contributed by atoms with Crippen LogP contribution < -0.4 is 14.9 Å². The molecule has 0 amide bonds. The normalized spacial score (nSPS) is 11.0. The number of ether oxygens (including phenoxy) is 2. The lowest BCUT2D eigenvalue weighted by Crippen LogP contribution is -2.00. The van der Waals surface area contributed by atoms with Gasteiger partial charge in [-0.3, -0.25) is 5.43 Å². The maximum absolute atomic E-state index is 6.12. The number of anilines is 1. The zero-order valence-electron chi connectivity index (χ0n) is 16.5. The standard InChI is InChI=1S/C25H21BrN2O2/c1-29-24-14-20(16-27-28-21-11-3-2-4-12-21)23(26)15-25(24)30-17-19-10-7-9-18-8-5-6-13-22(18)19/h2-16,28H,17H2,1H3/b27-16+. The van der Waals surface area contributed by atoms with Gasteiger partial charge in [0.2, 0.25) is 0 Å². The molecule has 150 valence electrons. The Morgan fingerprint density at radius 3 is 2.50 bits per heavy atom. The Hall–Kier alpha value is -3.31. The molecule has 0 fully saturated rings. The van der Waals surface area contributed by atoms with E-state index in [1.54, 1.807) is 13.3 Å². The first-order valence-electron chi connectivity index (χ1n) is 9.55. The van der Waals surface area contributed by atoms with E-state index in [0.29, 0.717) is 18.1 Å². The number of fused-ring (bicyclic) bond motifs is 1. The zero-order valence-corrected chi connectivity index (χ0v) is 18.1.